The lowest BCUT2D eigenvalue weighted by atomic mass is 9.70. The summed E-state index contributed by atoms with van der Waals surface area (Å²) in [5.74, 6) is 3.73. The van der Waals surface area contributed by atoms with E-state index in [1.807, 2.05) is 6.08 Å². The summed E-state index contributed by atoms with van der Waals surface area (Å²) in [6.07, 6.45) is 25.6. The van der Waals surface area contributed by atoms with Gasteiger partial charge >= 0.3 is 0 Å². The highest BCUT2D eigenvalue weighted by Gasteiger charge is 2.54. The molecule has 1 saturated heterocycles. The van der Waals surface area contributed by atoms with E-state index >= 15 is 0 Å². The minimum absolute atomic E-state index is 0.135. The number of carbonyl (C=O) groups is 1. The van der Waals surface area contributed by atoms with Crippen molar-refractivity contribution in [2.75, 3.05) is 6.54 Å². The highest BCUT2D eigenvalue weighted by molar-refractivity contribution is 5.76. The van der Waals surface area contributed by atoms with Crippen LogP contribution in [-0.4, -0.2) is 28.9 Å². The molecule has 1 heterocycles. The van der Waals surface area contributed by atoms with Gasteiger partial charge < -0.3 is 10.2 Å². The minimum atomic E-state index is 0.135. The van der Waals surface area contributed by atoms with Gasteiger partial charge in [-0.3, -0.25) is 4.79 Å². The number of nitrogens with zero attached hydrogens (tertiary/aromatic N) is 1. The fourth-order valence-electron chi connectivity index (χ4n) is 9.41. The highest BCUT2D eigenvalue weighted by atomic mass is 16.1. The van der Waals surface area contributed by atoms with Crippen LogP contribution in [-0.2, 0) is 4.79 Å². The van der Waals surface area contributed by atoms with Crippen molar-refractivity contribution in [3.63, 3.8) is 0 Å². The van der Waals surface area contributed by atoms with Gasteiger partial charge in [0.25, 0.3) is 0 Å². The monoisotopic (exact) mass is 550 g/mol. The number of fused-ring (bicyclic) bond motifs is 2. The standard InChI is InChI=1S/C37H62N2O/c1-7-9-30-14-16-32(17-15-30)13-11-29(4)39-27-36(5)24-34(25-37(39,6)26-36)38-35(40)23-22-33-20-18-31(19-21-33)12-10-28(3)8-2/h8,30-34H,2-4,7,9-27H2,1,5-6H3,(H,38,40). The molecule has 3 saturated carbocycles. The summed E-state index contributed by atoms with van der Waals surface area (Å²) in [7, 11) is 0. The molecular formula is C37H62N2O. The van der Waals surface area contributed by atoms with E-state index in [-0.39, 0.29) is 16.9 Å². The first-order valence-corrected chi connectivity index (χ1v) is 17.2. The zero-order chi connectivity index (χ0) is 28.8. The van der Waals surface area contributed by atoms with Gasteiger partial charge in [-0.1, -0.05) is 109 Å². The molecular weight excluding hydrogens is 488 g/mol. The SMILES string of the molecule is C=CC(=C)CCC1CCC(CCC(=O)NC2CC3(C)CN(C(=C)CCC4CCC(CCC)CC4)C(C)(C2)C3)CC1. The second-order valence-electron chi connectivity index (χ2n) is 15.4. The lowest BCUT2D eigenvalue weighted by Crippen LogP contribution is -2.49. The second-order valence-corrected chi connectivity index (χ2v) is 15.4. The van der Waals surface area contributed by atoms with Crippen molar-refractivity contribution in [2.45, 2.75) is 154 Å². The Morgan fingerprint density at radius 2 is 1.35 bits per heavy atom. The first-order chi connectivity index (χ1) is 19.1. The van der Waals surface area contributed by atoms with Crippen molar-refractivity contribution in [1.82, 2.24) is 10.2 Å². The molecule has 4 fully saturated rings. The summed E-state index contributed by atoms with van der Waals surface area (Å²) in [6, 6.07) is 0.302. The molecule has 3 aliphatic carbocycles. The number of rotatable bonds is 14. The molecule has 3 atom stereocenters. The Bertz CT molecular complexity index is 877. The van der Waals surface area contributed by atoms with E-state index in [2.05, 4.69) is 50.7 Å². The fourth-order valence-corrected chi connectivity index (χ4v) is 9.41. The van der Waals surface area contributed by atoms with E-state index in [9.17, 15) is 4.79 Å². The Hall–Kier alpha value is -1.51. The molecule has 3 unspecified atom stereocenters. The number of hydrogen-bond acceptors (Lipinski definition) is 2. The van der Waals surface area contributed by atoms with Crippen LogP contribution in [0.4, 0.5) is 0 Å². The average molecular weight is 551 g/mol. The van der Waals surface area contributed by atoms with Gasteiger partial charge in [0.15, 0.2) is 0 Å². The molecule has 1 N–H and O–H groups in total. The van der Waals surface area contributed by atoms with Gasteiger partial charge in [0.1, 0.15) is 0 Å². The third kappa shape index (κ3) is 8.51. The summed E-state index contributed by atoms with van der Waals surface area (Å²) in [6.45, 7) is 20.9. The predicted octanol–water partition coefficient (Wildman–Crippen LogP) is 9.75. The molecule has 4 rings (SSSR count). The molecule has 40 heavy (non-hydrogen) atoms. The highest BCUT2D eigenvalue weighted by Crippen LogP contribution is 2.53. The largest absolute Gasteiger partial charge is 0.369 e. The zero-order valence-corrected chi connectivity index (χ0v) is 26.6. The molecule has 3 heteroatoms. The van der Waals surface area contributed by atoms with E-state index in [1.165, 1.54) is 94.7 Å². The Morgan fingerprint density at radius 3 is 1.90 bits per heavy atom. The van der Waals surface area contributed by atoms with E-state index in [0.29, 0.717) is 12.5 Å². The van der Waals surface area contributed by atoms with Gasteiger partial charge in [-0.15, -0.1) is 0 Å². The molecule has 0 spiro atoms. The Labute approximate surface area is 247 Å². The van der Waals surface area contributed by atoms with Crippen LogP contribution >= 0.6 is 0 Å². The smallest absolute Gasteiger partial charge is 0.220 e. The van der Waals surface area contributed by atoms with Gasteiger partial charge in [-0.05, 0) is 87.4 Å². The van der Waals surface area contributed by atoms with Crippen LogP contribution in [0.25, 0.3) is 0 Å². The van der Waals surface area contributed by atoms with Crippen molar-refractivity contribution in [1.29, 1.82) is 0 Å². The molecule has 0 radical (unpaired) electrons. The maximum absolute atomic E-state index is 13.1. The fraction of sp³-hybridized carbons (Fsp3) is 0.811. The van der Waals surface area contributed by atoms with E-state index in [1.54, 1.807) is 0 Å². The molecule has 1 aliphatic heterocycles. The van der Waals surface area contributed by atoms with E-state index in [4.69, 9.17) is 0 Å². The van der Waals surface area contributed by atoms with E-state index < -0.39 is 0 Å². The summed E-state index contributed by atoms with van der Waals surface area (Å²) in [5, 5.41) is 3.50. The van der Waals surface area contributed by atoms with Gasteiger partial charge in [-0.25, -0.2) is 0 Å². The average Bonchev–Trinajstić information content (AvgIpc) is 3.13. The molecule has 226 valence electrons. The number of amides is 1. The molecule has 0 aromatic heterocycles. The summed E-state index contributed by atoms with van der Waals surface area (Å²) >= 11 is 0. The van der Waals surface area contributed by atoms with Crippen LogP contribution in [0.2, 0.25) is 0 Å². The molecule has 4 aliphatic rings. The first kappa shape index (κ1) is 31.4. The predicted molar refractivity (Wildman–Crippen MR) is 171 cm³/mol. The van der Waals surface area contributed by atoms with Gasteiger partial charge in [0, 0.05) is 30.2 Å². The lowest BCUT2D eigenvalue weighted by Gasteiger charge is -2.43. The van der Waals surface area contributed by atoms with Crippen molar-refractivity contribution in [3.8, 4) is 0 Å². The number of allylic oxidation sites excluding steroid dienone is 3. The molecule has 0 aromatic carbocycles. The van der Waals surface area contributed by atoms with Crippen LogP contribution in [0.5, 0.6) is 0 Å². The lowest BCUT2D eigenvalue weighted by molar-refractivity contribution is -0.122. The number of nitrogens with one attached hydrogen (secondary N) is 1. The minimum Gasteiger partial charge on any atom is -0.369 e. The van der Waals surface area contributed by atoms with E-state index in [0.717, 1.165) is 62.3 Å². The van der Waals surface area contributed by atoms with Gasteiger partial charge in [0.2, 0.25) is 5.91 Å². The Morgan fingerprint density at radius 1 is 0.825 bits per heavy atom. The van der Waals surface area contributed by atoms with Crippen molar-refractivity contribution in [2.24, 2.45) is 29.1 Å². The van der Waals surface area contributed by atoms with Crippen molar-refractivity contribution < 1.29 is 4.79 Å². The van der Waals surface area contributed by atoms with Crippen LogP contribution < -0.4 is 5.32 Å². The molecule has 3 nitrogen and oxygen atoms in total. The molecule has 1 amide bonds. The van der Waals surface area contributed by atoms with Crippen LogP contribution in [0.15, 0.2) is 37.1 Å². The van der Waals surface area contributed by atoms with Gasteiger partial charge in [-0.2, -0.15) is 0 Å². The van der Waals surface area contributed by atoms with Crippen LogP contribution in [0.1, 0.15) is 143 Å². The third-order valence-electron chi connectivity index (χ3n) is 11.6. The molecule has 0 aromatic rings. The number of likely N-dealkylation sites (tertiary alicyclic amines) is 1. The third-order valence-corrected chi connectivity index (χ3v) is 11.6. The molecule has 2 bridgehead atoms. The number of hydrogen-bond donors (Lipinski definition) is 1. The second kappa shape index (κ2) is 14.1. The quantitative estimate of drug-likeness (QED) is 0.218. The summed E-state index contributed by atoms with van der Waals surface area (Å²) in [4.78, 5) is 15.7. The van der Waals surface area contributed by atoms with Crippen molar-refractivity contribution in [3.05, 3.63) is 37.1 Å². The van der Waals surface area contributed by atoms with Gasteiger partial charge in [0.05, 0.1) is 0 Å². The van der Waals surface area contributed by atoms with Crippen molar-refractivity contribution >= 4 is 5.91 Å². The first-order valence-electron chi connectivity index (χ1n) is 17.2. The maximum Gasteiger partial charge on any atom is 0.220 e. The zero-order valence-electron chi connectivity index (χ0n) is 26.6. The summed E-state index contributed by atoms with van der Waals surface area (Å²) in [5.41, 5.74) is 2.94. The summed E-state index contributed by atoms with van der Waals surface area (Å²) < 4.78 is 0. The number of carbonyl (C=O) groups excluding carboxylic acids is 1. The van der Waals surface area contributed by atoms with Crippen LogP contribution in [0, 0.1) is 29.1 Å². The topological polar surface area (TPSA) is 32.3 Å². The normalized spacial score (nSPS) is 35.8. The Kier molecular flexibility index (Phi) is 11.1. The van der Waals surface area contributed by atoms with Crippen LogP contribution in [0.3, 0.4) is 0 Å². The maximum atomic E-state index is 13.1. The Balaban J connectivity index is 1.17.